The Balaban J connectivity index is 1.16. The van der Waals surface area contributed by atoms with E-state index in [4.69, 9.17) is 9.47 Å². The maximum Gasteiger partial charge on any atom is 0.319 e. The number of phenolic OH excluding ortho intramolecular Hbond substituents is 1. The third-order valence-corrected chi connectivity index (χ3v) is 11.6. The van der Waals surface area contributed by atoms with E-state index in [0.717, 1.165) is 55.8 Å². The van der Waals surface area contributed by atoms with Crippen LogP contribution in [0.25, 0.3) is 0 Å². The maximum atomic E-state index is 13.0. The Morgan fingerprint density at radius 1 is 1.21 bits per heavy atom. The Morgan fingerprint density at radius 2 is 2.08 bits per heavy atom. The molecule has 2 aromatic rings. The first-order valence-corrected chi connectivity index (χ1v) is 14.8. The minimum atomic E-state index is -0.512. The summed E-state index contributed by atoms with van der Waals surface area (Å²) in [5.74, 6) is 1.92. The molecule has 7 nitrogen and oxygen atoms in total. The fourth-order valence-corrected chi connectivity index (χ4v) is 9.90. The highest BCUT2D eigenvalue weighted by Crippen LogP contribution is 2.76. The maximum absolute atomic E-state index is 13.0. The van der Waals surface area contributed by atoms with Crippen molar-refractivity contribution in [1.82, 2.24) is 10.2 Å². The van der Waals surface area contributed by atoms with Crippen molar-refractivity contribution in [2.75, 3.05) is 32.1 Å². The molecule has 1 saturated heterocycles. The molecule has 2 amide bonds. The molecule has 0 aromatic heterocycles. The molecule has 9 rings (SSSR count). The van der Waals surface area contributed by atoms with Gasteiger partial charge in [-0.15, -0.1) is 0 Å². The number of phenols is 1. The molecule has 206 valence electrons. The Hall–Kier alpha value is -2.77. The zero-order valence-electron chi connectivity index (χ0n) is 23.0. The lowest BCUT2D eigenvalue weighted by Crippen LogP contribution is -2.81. The molecule has 7 heteroatoms. The molecule has 39 heavy (non-hydrogen) atoms. The second-order valence-electron chi connectivity index (χ2n) is 13.2. The molecule has 6 atom stereocenters. The number of likely N-dealkylation sites (tertiary alicyclic amines) is 1. The molecule has 2 heterocycles. The topological polar surface area (TPSA) is 83.1 Å². The Bertz CT molecular complexity index is 1360. The number of rotatable bonds is 6. The number of benzene rings is 2. The molecular weight excluding hydrogens is 490 g/mol. The number of anilines is 1. The van der Waals surface area contributed by atoms with Crippen LogP contribution in [0.4, 0.5) is 10.5 Å². The van der Waals surface area contributed by atoms with Gasteiger partial charge in [-0.3, -0.25) is 4.90 Å². The summed E-state index contributed by atoms with van der Waals surface area (Å²) >= 11 is 0. The third-order valence-electron chi connectivity index (χ3n) is 11.6. The van der Waals surface area contributed by atoms with E-state index in [-0.39, 0.29) is 34.6 Å². The smallest absolute Gasteiger partial charge is 0.319 e. The predicted molar refractivity (Wildman–Crippen MR) is 148 cm³/mol. The summed E-state index contributed by atoms with van der Waals surface area (Å²) in [5.41, 5.74) is 3.94. The molecule has 2 unspecified atom stereocenters. The molecule has 4 bridgehead atoms. The number of amides is 2. The molecular formula is C32H39N3O4. The second kappa shape index (κ2) is 8.14. The average Bonchev–Trinajstić information content (AvgIpc) is 3.67. The average molecular weight is 530 g/mol. The van der Waals surface area contributed by atoms with Gasteiger partial charge in [0, 0.05) is 54.2 Å². The van der Waals surface area contributed by atoms with Gasteiger partial charge in [-0.1, -0.05) is 18.2 Å². The van der Waals surface area contributed by atoms with Crippen LogP contribution in [-0.2, 0) is 16.6 Å². The van der Waals surface area contributed by atoms with Crippen LogP contribution in [0.3, 0.4) is 0 Å². The van der Waals surface area contributed by atoms with E-state index in [1.807, 2.05) is 44.4 Å². The number of hydrogen-bond acceptors (Lipinski definition) is 5. The number of carbonyl (C=O) groups is 1. The quantitative estimate of drug-likeness (QED) is 0.503. The van der Waals surface area contributed by atoms with Crippen molar-refractivity contribution in [2.45, 2.75) is 75.0 Å². The van der Waals surface area contributed by atoms with Crippen molar-refractivity contribution in [3.8, 4) is 11.5 Å². The van der Waals surface area contributed by atoms with Gasteiger partial charge in [0.05, 0.1) is 0 Å². The number of aryl methyl sites for hydroxylation is 1. The molecule has 5 fully saturated rings. The highest BCUT2D eigenvalue weighted by atomic mass is 16.6. The number of urea groups is 1. The van der Waals surface area contributed by atoms with Crippen LogP contribution in [0.2, 0.25) is 0 Å². The fraction of sp³-hybridized carbons (Fsp3) is 0.594. The van der Waals surface area contributed by atoms with Crippen LogP contribution >= 0.6 is 0 Å². The SMILES string of the molecule is COC12CC[C@@]3(C[C@@H]1CNC(=O)Nc1cccc(C)c1)[C@H]1Cc4ccc(O)c5c4[C@@]3(CCN1CC1CC1)C2O5. The lowest BCUT2D eigenvalue weighted by atomic mass is 9.35. The van der Waals surface area contributed by atoms with E-state index in [2.05, 4.69) is 21.6 Å². The number of nitrogens with zero attached hydrogens (tertiary/aromatic N) is 1. The Labute approximate surface area is 230 Å². The van der Waals surface area contributed by atoms with Gasteiger partial charge in [0.2, 0.25) is 0 Å². The fourth-order valence-electron chi connectivity index (χ4n) is 9.90. The second-order valence-corrected chi connectivity index (χ2v) is 13.2. The molecule has 2 aliphatic heterocycles. The van der Waals surface area contributed by atoms with Crippen molar-refractivity contribution in [3.63, 3.8) is 0 Å². The van der Waals surface area contributed by atoms with Gasteiger partial charge in [0.25, 0.3) is 0 Å². The van der Waals surface area contributed by atoms with Gasteiger partial charge in [-0.05, 0) is 93.7 Å². The van der Waals surface area contributed by atoms with Crippen LogP contribution in [0.5, 0.6) is 11.5 Å². The van der Waals surface area contributed by atoms with Crippen LogP contribution in [0.15, 0.2) is 36.4 Å². The molecule has 2 aromatic carbocycles. The number of nitrogens with one attached hydrogen (secondary N) is 2. The molecule has 4 saturated carbocycles. The van der Waals surface area contributed by atoms with Crippen molar-refractivity contribution < 1.29 is 19.4 Å². The van der Waals surface area contributed by atoms with Gasteiger partial charge in [0.1, 0.15) is 11.7 Å². The normalized spacial score (nSPS) is 37.2. The number of methoxy groups -OCH3 is 1. The Kier molecular flexibility index (Phi) is 5.02. The summed E-state index contributed by atoms with van der Waals surface area (Å²) < 4.78 is 13.4. The summed E-state index contributed by atoms with van der Waals surface area (Å²) in [4.78, 5) is 15.8. The molecule has 5 aliphatic carbocycles. The van der Waals surface area contributed by atoms with Crippen molar-refractivity contribution in [3.05, 3.63) is 53.1 Å². The van der Waals surface area contributed by atoms with Crippen LogP contribution in [0, 0.1) is 24.2 Å². The first kappa shape index (κ1) is 24.1. The zero-order chi connectivity index (χ0) is 26.6. The number of ether oxygens (including phenoxy) is 2. The van der Waals surface area contributed by atoms with Crippen molar-refractivity contribution >= 4 is 11.7 Å². The molecule has 0 radical (unpaired) electrons. The summed E-state index contributed by atoms with van der Waals surface area (Å²) in [6.45, 7) is 4.84. The molecule has 3 N–H and O–H groups in total. The predicted octanol–water partition coefficient (Wildman–Crippen LogP) is 4.75. The Morgan fingerprint density at radius 3 is 2.87 bits per heavy atom. The van der Waals surface area contributed by atoms with Crippen LogP contribution < -0.4 is 15.4 Å². The zero-order valence-corrected chi connectivity index (χ0v) is 23.0. The highest BCUT2D eigenvalue weighted by molar-refractivity contribution is 5.89. The van der Waals surface area contributed by atoms with Gasteiger partial charge < -0.3 is 25.2 Å². The number of aromatic hydroxyl groups is 1. The monoisotopic (exact) mass is 529 g/mol. The lowest BCUT2D eigenvalue weighted by Gasteiger charge is -2.74. The summed E-state index contributed by atoms with van der Waals surface area (Å²) in [7, 11) is 1.82. The van der Waals surface area contributed by atoms with Crippen LogP contribution in [0.1, 0.15) is 55.2 Å². The standard InChI is InChI=1S/C32H39N3O4/c1-19-4-3-5-23(14-19)34-29(37)33-17-22-16-30-10-11-32(22,38-2)28-31(30)12-13-35(18-20-6-7-20)25(30)15-21-8-9-24(36)27(39-28)26(21)31/h3-5,8-9,14,20,22,25,28,36H,6-7,10-13,15-18H2,1-2H3,(H2,33,34,37)/t22-,25-,28?,30-,31+,32?/m1/s1. The van der Waals surface area contributed by atoms with E-state index in [9.17, 15) is 9.90 Å². The van der Waals surface area contributed by atoms with Gasteiger partial charge in [-0.2, -0.15) is 0 Å². The van der Waals surface area contributed by atoms with E-state index >= 15 is 0 Å². The van der Waals surface area contributed by atoms with Gasteiger partial charge in [0.15, 0.2) is 11.5 Å². The summed E-state index contributed by atoms with van der Waals surface area (Å²) in [6.07, 6.45) is 7.65. The summed E-state index contributed by atoms with van der Waals surface area (Å²) in [5, 5.41) is 17.2. The number of carbonyl (C=O) groups excluding carboxylic acids is 1. The highest BCUT2D eigenvalue weighted by Gasteiger charge is 2.80. The first-order valence-electron chi connectivity index (χ1n) is 14.8. The third kappa shape index (κ3) is 3.09. The van der Waals surface area contributed by atoms with Crippen molar-refractivity contribution in [2.24, 2.45) is 17.3 Å². The molecule has 7 aliphatic rings. The van der Waals surface area contributed by atoms with E-state index in [0.29, 0.717) is 18.3 Å². The van der Waals surface area contributed by atoms with E-state index in [1.165, 1.54) is 30.5 Å². The first-order chi connectivity index (χ1) is 18.9. The van der Waals surface area contributed by atoms with Gasteiger partial charge >= 0.3 is 6.03 Å². The minimum absolute atomic E-state index is 0.0521. The lowest BCUT2D eigenvalue weighted by molar-refractivity contribution is -0.275. The van der Waals surface area contributed by atoms with E-state index < -0.39 is 5.60 Å². The van der Waals surface area contributed by atoms with Gasteiger partial charge in [-0.25, -0.2) is 4.79 Å². The minimum Gasteiger partial charge on any atom is -0.504 e. The van der Waals surface area contributed by atoms with Crippen molar-refractivity contribution in [1.29, 1.82) is 0 Å². The summed E-state index contributed by atoms with van der Waals surface area (Å²) in [6, 6.07) is 12.1. The largest absolute Gasteiger partial charge is 0.504 e. The number of piperidine rings is 1. The van der Waals surface area contributed by atoms with Crippen LogP contribution in [-0.4, -0.2) is 60.5 Å². The van der Waals surface area contributed by atoms with E-state index in [1.54, 1.807) is 0 Å². The number of hydrogen-bond donors (Lipinski definition) is 3. The molecule has 2 spiro atoms. The number of fused-ring (bicyclic) bond motifs is 2.